The molecule has 7 heteroatoms. The van der Waals surface area contributed by atoms with E-state index in [4.69, 9.17) is 21.1 Å². The van der Waals surface area contributed by atoms with Crippen molar-refractivity contribution >= 4 is 17.5 Å². The van der Waals surface area contributed by atoms with Gasteiger partial charge in [0.15, 0.2) is 11.5 Å². The fourth-order valence-corrected chi connectivity index (χ4v) is 4.48. The second-order valence-corrected chi connectivity index (χ2v) is 8.85. The summed E-state index contributed by atoms with van der Waals surface area (Å²) in [7, 11) is 0. The van der Waals surface area contributed by atoms with Crippen LogP contribution < -0.4 is 20.1 Å². The molecule has 1 fully saturated rings. The molecule has 0 spiro atoms. The highest BCUT2D eigenvalue weighted by Gasteiger charge is 2.37. The molecule has 0 unspecified atom stereocenters. The predicted octanol–water partition coefficient (Wildman–Crippen LogP) is 3.37. The number of fused-ring (bicyclic) bond motifs is 1. The lowest BCUT2D eigenvalue weighted by Gasteiger charge is -2.27. The van der Waals surface area contributed by atoms with Crippen molar-refractivity contribution in [2.75, 3.05) is 19.9 Å². The Morgan fingerprint density at radius 2 is 2.00 bits per heavy atom. The van der Waals surface area contributed by atoms with Crippen LogP contribution in [0.15, 0.2) is 42.5 Å². The summed E-state index contributed by atoms with van der Waals surface area (Å²) in [5.74, 6) is 1.65. The van der Waals surface area contributed by atoms with E-state index >= 15 is 0 Å². The lowest BCUT2D eigenvalue weighted by atomic mass is 10.1. The molecule has 6 nitrogen and oxygen atoms in total. The van der Waals surface area contributed by atoms with Crippen molar-refractivity contribution < 1.29 is 14.3 Å². The van der Waals surface area contributed by atoms with Crippen molar-refractivity contribution in [1.29, 1.82) is 0 Å². The number of amides is 1. The molecule has 0 aromatic heterocycles. The summed E-state index contributed by atoms with van der Waals surface area (Å²) in [6.45, 7) is 6.70. The van der Waals surface area contributed by atoms with E-state index in [1.165, 1.54) is 0 Å². The zero-order chi connectivity index (χ0) is 21.8. The number of likely N-dealkylation sites (tertiary alicyclic amines) is 1. The number of hydrogen-bond donors (Lipinski definition) is 2. The van der Waals surface area contributed by atoms with Gasteiger partial charge in [-0.05, 0) is 56.0 Å². The Morgan fingerprint density at radius 1 is 1.19 bits per heavy atom. The summed E-state index contributed by atoms with van der Waals surface area (Å²) in [6, 6.07) is 14.2. The summed E-state index contributed by atoms with van der Waals surface area (Å²) in [6.07, 6.45) is 1.55. The largest absolute Gasteiger partial charge is 0.454 e. The molecule has 2 N–H and O–H groups in total. The number of halogens is 1. The van der Waals surface area contributed by atoms with Crippen LogP contribution in [0, 0.1) is 0 Å². The number of nitrogens with one attached hydrogen (secondary N) is 2. The number of ether oxygens (including phenoxy) is 2. The van der Waals surface area contributed by atoms with Crippen LogP contribution in [0.25, 0.3) is 0 Å². The average Bonchev–Trinajstić information content (AvgIpc) is 3.40. The van der Waals surface area contributed by atoms with Gasteiger partial charge >= 0.3 is 0 Å². The van der Waals surface area contributed by atoms with E-state index in [9.17, 15) is 4.79 Å². The van der Waals surface area contributed by atoms with Crippen LogP contribution in [0.4, 0.5) is 0 Å². The van der Waals surface area contributed by atoms with Crippen LogP contribution in [0.1, 0.15) is 31.4 Å². The van der Waals surface area contributed by atoms with Crippen LogP contribution in [0.2, 0.25) is 5.02 Å². The summed E-state index contributed by atoms with van der Waals surface area (Å²) >= 11 is 6.28. The molecular formula is C24H30ClN3O3. The Bertz CT molecular complexity index is 921. The minimum atomic E-state index is -0.125. The van der Waals surface area contributed by atoms with E-state index in [2.05, 4.69) is 29.4 Å². The number of carbonyl (C=O) groups excluding carboxylic acids is 1. The van der Waals surface area contributed by atoms with E-state index in [-0.39, 0.29) is 24.8 Å². The fourth-order valence-electron chi connectivity index (χ4n) is 4.28. The van der Waals surface area contributed by atoms with Gasteiger partial charge in [0, 0.05) is 36.7 Å². The van der Waals surface area contributed by atoms with E-state index in [0.717, 1.165) is 47.0 Å². The molecule has 2 aromatic rings. The third-order valence-corrected chi connectivity index (χ3v) is 6.36. The van der Waals surface area contributed by atoms with Gasteiger partial charge in [0.2, 0.25) is 12.7 Å². The standard InChI is InChI=1S/C24H30ClN3O3/c1-16(2)28-14-19(27-13-18-5-3-4-6-20(18)25)12-21(28)24(29)26-10-9-17-7-8-22-23(11-17)31-15-30-22/h3-8,11,16,19,21,27H,9-10,12-15H2,1-2H3,(H,26,29)/t19-,21+/m1/s1. The highest BCUT2D eigenvalue weighted by atomic mass is 35.5. The first-order valence-electron chi connectivity index (χ1n) is 10.9. The van der Waals surface area contributed by atoms with Crippen LogP contribution in [0.3, 0.4) is 0 Å². The average molecular weight is 444 g/mol. The topological polar surface area (TPSA) is 62.8 Å². The van der Waals surface area contributed by atoms with E-state index in [1.807, 2.05) is 42.5 Å². The Hall–Kier alpha value is -2.28. The SMILES string of the molecule is CC(C)N1C[C@H](NCc2ccccc2Cl)C[C@H]1C(=O)NCCc1ccc2c(c1)OCO2. The Kier molecular flexibility index (Phi) is 7.00. The molecule has 31 heavy (non-hydrogen) atoms. The highest BCUT2D eigenvalue weighted by Crippen LogP contribution is 2.32. The van der Waals surface area contributed by atoms with Gasteiger partial charge in [0.05, 0.1) is 6.04 Å². The first-order chi connectivity index (χ1) is 15.0. The maximum Gasteiger partial charge on any atom is 0.237 e. The minimum Gasteiger partial charge on any atom is -0.454 e. The van der Waals surface area contributed by atoms with Crippen molar-refractivity contribution in [1.82, 2.24) is 15.5 Å². The molecule has 2 aliphatic heterocycles. The van der Waals surface area contributed by atoms with Gasteiger partial charge in [-0.2, -0.15) is 0 Å². The molecule has 4 rings (SSSR count). The number of benzene rings is 2. The van der Waals surface area contributed by atoms with Crippen LogP contribution in [0.5, 0.6) is 11.5 Å². The van der Waals surface area contributed by atoms with Crippen LogP contribution in [-0.2, 0) is 17.8 Å². The van der Waals surface area contributed by atoms with Gasteiger partial charge in [-0.15, -0.1) is 0 Å². The molecule has 166 valence electrons. The molecule has 1 amide bonds. The second kappa shape index (κ2) is 9.90. The van der Waals surface area contributed by atoms with Crippen molar-refractivity contribution in [2.24, 2.45) is 0 Å². The van der Waals surface area contributed by atoms with Crippen molar-refractivity contribution in [3.05, 3.63) is 58.6 Å². The first-order valence-corrected chi connectivity index (χ1v) is 11.3. The number of nitrogens with zero attached hydrogens (tertiary/aromatic N) is 1. The monoisotopic (exact) mass is 443 g/mol. The smallest absolute Gasteiger partial charge is 0.237 e. The highest BCUT2D eigenvalue weighted by molar-refractivity contribution is 6.31. The van der Waals surface area contributed by atoms with Gasteiger partial charge in [-0.1, -0.05) is 35.9 Å². The first kappa shape index (κ1) is 21.9. The van der Waals surface area contributed by atoms with Gasteiger partial charge in [-0.25, -0.2) is 0 Å². The maximum absolute atomic E-state index is 13.0. The fraction of sp³-hybridized carbons (Fsp3) is 0.458. The quantitative estimate of drug-likeness (QED) is 0.655. The van der Waals surface area contributed by atoms with Crippen molar-refractivity contribution in [3.63, 3.8) is 0 Å². The molecule has 2 heterocycles. The lowest BCUT2D eigenvalue weighted by molar-refractivity contribution is -0.126. The Labute approximate surface area is 188 Å². The summed E-state index contributed by atoms with van der Waals surface area (Å²) in [5, 5.41) is 7.48. The van der Waals surface area contributed by atoms with Crippen LogP contribution >= 0.6 is 11.6 Å². The van der Waals surface area contributed by atoms with Crippen molar-refractivity contribution in [2.45, 2.75) is 51.4 Å². The minimum absolute atomic E-state index is 0.0940. The molecule has 0 bridgehead atoms. The van der Waals surface area contributed by atoms with Gasteiger partial charge < -0.3 is 20.1 Å². The molecule has 0 radical (unpaired) electrons. The molecule has 0 aliphatic carbocycles. The van der Waals surface area contributed by atoms with E-state index in [1.54, 1.807) is 0 Å². The summed E-state index contributed by atoms with van der Waals surface area (Å²) < 4.78 is 10.8. The Morgan fingerprint density at radius 3 is 2.81 bits per heavy atom. The zero-order valence-corrected chi connectivity index (χ0v) is 18.8. The molecule has 2 aliphatic rings. The molecule has 1 saturated heterocycles. The number of carbonyl (C=O) groups is 1. The Balaban J connectivity index is 1.29. The van der Waals surface area contributed by atoms with Crippen LogP contribution in [-0.4, -0.2) is 48.8 Å². The van der Waals surface area contributed by atoms with Crippen molar-refractivity contribution in [3.8, 4) is 11.5 Å². The third-order valence-electron chi connectivity index (χ3n) is 5.99. The maximum atomic E-state index is 13.0. The molecule has 0 saturated carbocycles. The number of hydrogen-bond acceptors (Lipinski definition) is 5. The lowest BCUT2D eigenvalue weighted by Crippen LogP contribution is -2.46. The summed E-state index contributed by atoms with van der Waals surface area (Å²) in [5.41, 5.74) is 2.20. The zero-order valence-electron chi connectivity index (χ0n) is 18.1. The second-order valence-electron chi connectivity index (χ2n) is 8.44. The summed E-state index contributed by atoms with van der Waals surface area (Å²) in [4.78, 5) is 15.2. The molecule has 2 aromatic carbocycles. The van der Waals surface area contributed by atoms with Gasteiger partial charge in [-0.3, -0.25) is 9.69 Å². The van der Waals surface area contributed by atoms with Gasteiger partial charge in [0.1, 0.15) is 0 Å². The van der Waals surface area contributed by atoms with E-state index < -0.39 is 0 Å². The predicted molar refractivity (Wildman–Crippen MR) is 122 cm³/mol. The third kappa shape index (κ3) is 5.32. The normalized spacial score (nSPS) is 20.4. The molecule has 2 atom stereocenters. The van der Waals surface area contributed by atoms with E-state index in [0.29, 0.717) is 19.1 Å². The number of rotatable bonds is 8. The molecular weight excluding hydrogens is 414 g/mol. The van der Waals surface area contributed by atoms with Gasteiger partial charge in [0.25, 0.3) is 0 Å².